The van der Waals surface area contributed by atoms with Crippen LogP contribution in [0.15, 0.2) is 66.1 Å². The van der Waals surface area contributed by atoms with Crippen molar-refractivity contribution < 1.29 is 27.6 Å². The fourth-order valence-electron chi connectivity index (χ4n) is 3.12. The molecule has 2 aromatic carbocycles. The topological polar surface area (TPSA) is 129 Å². The van der Waals surface area contributed by atoms with E-state index in [1.165, 1.54) is 42.6 Å². The normalized spacial score (nSPS) is 11.5. The summed E-state index contributed by atoms with van der Waals surface area (Å²) >= 11 is 0. The molecule has 182 valence electrons. The van der Waals surface area contributed by atoms with Crippen LogP contribution >= 0.6 is 0 Å². The van der Waals surface area contributed by atoms with Crippen LogP contribution < -0.4 is 21.3 Å². The first-order valence-electron chi connectivity index (χ1n) is 10.0. The summed E-state index contributed by atoms with van der Waals surface area (Å²) in [6.07, 6.45) is 2.67. The van der Waals surface area contributed by atoms with Gasteiger partial charge in [-0.1, -0.05) is 6.08 Å². The highest BCUT2D eigenvalue weighted by molar-refractivity contribution is 5.94. The van der Waals surface area contributed by atoms with E-state index in [9.17, 15) is 32.9 Å². The number of halogens is 3. The number of nitrogens with two attached hydrogens (primary N) is 1. The molecule has 0 saturated heterocycles. The summed E-state index contributed by atoms with van der Waals surface area (Å²) in [5.41, 5.74) is 4.22. The number of anilines is 1. The Labute approximate surface area is 196 Å². The summed E-state index contributed by atoms with van der Waals surface area (Å²) in [7, 11) is 0. The summed E-state index contributed by atoms with van der Waals surface area (Å²) in [5.74, 6) is -4.97. The maximum Gasteiger partial charge on any atom is 0.292 e. The van der Waals surface area contributed by atoms with Gasteiger partial charge in [-0.2, -0.15) is 0 Å². The number of amides is 1. The Morgan fingerprint density at radius 3 is 2.51 bits per heavy atom. The Bertz CT molecular complexity index is 1340. The molecule has 0 aliphatic rings. The minimum Gasteiger partial charge on any atom is -0.491 e. The lowest BCUT2D eigenvalue weighted by Gasteiger charge is -2.16. The van der Waals surface area contributed by atoms with Gasteiger partial charge in [0.05, 0.1) is 17.5 Å². The van der Waals surface area contributed by atoms with E-state index in [2.05, 4.69) is 11.9 Å². The smallest absolute Gasteiger partial charge is 0.292 e. The van der Waals surface area contributed by atoms with Gasteiger partial charge in [0.15, 0.2) is 17.5 Å². The van der Waals surface area contributed by atoms with Gasteiger partial charge in [0, 0.05) is 18.3 Å². The first-order chi connectivity index (χ1) is 16.6. The van der Waals surface area contributed by atoms with E-state index in [1.807, 2.05) is 0 Å². The first kappa shape index (κ1) is 25.0. The summed E-state index contributed by atoms with van der Waals surface area (Å²) in [6.45, 7) is 3.18. The standard InChI is InChI=1S/C23H19F3N4O5/c1-2-14(12-35-15-5-6-20(30(33)34)19(27)10-15)28-22(31)16-4-3-7-29(23(16)32)11-13-8-17(24)21(26)18(25)9-13/h2-10,14H,1,11-12,27H2,(H,28,31)/t14-/m1/s1. The average Bonchev–Trinajstić information content (AvgIpc) is 2.81. The second kappa shape index (κ2) is 10.5. The van der Waals surface area contributed by atoms with Gasteiger partial charge in [-0.15, -0.1) is 6.58 Å². The molecular formula is C23H19F3N4O5. The Balaban J connectivity index is 1.70. The Kier molecular flexibility index (Phi) is 7.54. The number of rotatable bonds is 9. The van der Waals surface area contributed by atoms with Crippen molar-refractivity contribution in [3.8, 4) is 5.75 Å². The number of hydrogen-bond acceptors (Lipinski definition) is 6. The van der Waals surface area contributed by atoms with Crippen molar-refractivity contribution >= 4 is 17.3 Å². The maximum absolute atomic E-state index is 13.5. The third-order valence-corrected chi connectivity index (χ3v) is 4.89. The number of hydrogen-bond donors (Lipinski definition) is 2. The minimum absolute atomic E-state index is 0.0132. The zero-order valence-electron chi connectivity index (χ0n) is 18.0. The molecule has 0 aliphatic heterocycles. The van der Waals surface area contributed by atoms with Crippen LogP contribution in [0, 0.1) is 27.6 Å². The van der Waals surface area contributed by atoms with Gasteiger partial charge in [-0.05, 0) is 35.9 Å². The Morgan fingerprint density at radius 1 is 1.23 bits per heavy atom. The molecule has 35 heavy (non-hydrogen) atoms. The lowest BCUT2D eigenvalue weighted by molar-refractivity contribution is -0.383. The van der Waals surface area contributed by atoms with Crippen molar-refractivity contribution in [2.75, 3.05) is 12.3 Å². The number of nitrogen functional groups attached to an aromatic ring is 1. The Hall–Kier alpha value is -4.61. The van der Waals surface area contributed by atoms with E-state index in [1.54, 1.807) is 0 Å². The molecule has 3 rings (SSSR count). The van der Waals surface area contributed by atoms with Crippen LogP contribution in [-0.2, 0) is 6.54 Å². The van der Waals surface area contributed by atoms with Crippen LogP contribution in [0.2, 0.25) is 0 Å². The zero-order valence-corrected chi connectivity index (χ0v) is 18.0. The highest BCUT2D eigenvalue weighted by Crippen LogP contribution is 2.26. The number of pyridine rings is 1. The van der Waals surface area contributed by atoms with Crippen molar-refractivity contribution in [2.24, 2.45) is 0 Å². The van der Waals surface area contributed by atoms with Crippen molar-refractivity contribution in [1.29, 1.82) is 0 Å². The quantitative estimate of drug-likeness (QED) is 0.157. The van der Waals surface area contributed by atoms with Gasteiger partial charge >= 0.3 is 0 Å². The molecular weight excluding hydrogens is 469 g/mol. The van der Waals surface area contributed by atoms with Gasteiger partial charge in [-0.3, -0.25) is 19.7 Å². The molecule has 9 nitrogen and oxygen atoms in total. The van der Waals surface area contributed by atoms with Gasteiger partial charge in [-0.25, -0.2) is 13.2 Å². The molecule has 3 N–H and O–H groups in total. The van der Waals surface area contributed by atoms with Crippen molar-refractivity contribution in [3.05, 3.63) is 110 Å². The third kappa shape index (κ3) is 5.85. The molecule has 1 atom stereocenters. The summed E-state index contributed by atoms with van der Waals surface area (Å²) < 4.78 is 46.7. The highest BCUT2D eigenvalue weighted by Gasteiger charge is 2.18. The number of nitro benzene ring substituents is 1. The number of nitrogens with one attached hydrogen (secondary N) is 1. The molecule has 12 heteroatoms. The highest BCUT2D eigenvalue weighted by atomic mass is 19.2. The number of carbonyl (C=O) groups is 1. The molecule has 1 aromatic heterocycles. The van der Waals surface area contributed by atoms with Crippen LogP contribution in [0.5, 0.6) is 5.75 Å². The maximum atomic E-state index is 13.5. The zero-order chi connectivity index (χ0) is 25.7. The molecule has 1 amide bonds. The number of carbonyl (C=O) groups excluding carboxylic acids is 1. The fraction of sp³-hybridized carbons (Fsp3) is 0.130. The van der Waals surface area contributed by atoms with Crippen LogP contribution in [0.3, 0.4) is 0 Å². The molecule has 0 spiro atoms. The van der Waals surface area contributed by atoms with E-state index >= 15 is 0 Å². The number of nitrogens with zero attached hydrogens (tertiary/aromatic N) is 2. The van der Waals surface area contributed by atoms with Gasteiger partial charge < -0.3 is 20.4 Å². The van der Waals surface area contributed by atoms with E-state index in [4.69, 9.17) is 10.5 Å². The van der Waals surface area contributed by atoms with E-state index in [0.717, 1.165) is 16.7 Å². The number of nitro groups is 1. The molecule has 0 saturated carbocycles. The average molecular weight is 488 g/mol. The predicted molar refractivity (Wildman–Crippen MR) is 121 cm³/mol. The van der Waals surface area contributed by atoms with Crippen molar-refractivity contribution in [1.82, 2.24) is 9.88 Å². The van der Waals surface area contributed by atoms with Crippen LogP contribution in [0.25, 0.3) is 0 Å². The van der Waals surface area contributed by atoms with E-state index in [-0.39, 0.29) is 41.4 Å². The van der Waals surface area contributed by atoms with Crippen LogP contribution in [-0.4, -0.2) is 28.0 Å². The fourth-order valence-corrected chi connectivity index (χ4v) is 3.12. The monoisotopic (exact) mass is 488 g/mol. The third-order valence-electron chi connectivity index (χ3n) is 4.89. The first-order valence-corrected chi connectivity index (χ1v) is 10.0. The molecule has 0 fully saturated rings. The molecule has 1 heterocycles. The second-order valence-electron chi connectivity index (χ2n) is 7.33. The summed E-state index contributed by atoms with van der Waals surface area (Å²) in [6, 6.07) is 7.19. The lowest BCUT2D eigenvalue weighted by atomic mass is 10.2. The molecule has 0 radical (unpaired) electrons. The van der Waals surface area contributed by atoms with E-state index < -0.39 is 39.9 Å². The minimum atomic E-state index is -1.62. The second-order valence-corrected chi connectivity index (χ2v) is 7.33. The van der Waals surface area contributed by atoms with E-state index in [0.29, 0.717) is 0 Å². The van der Waals surface area contributed by atoms with Crippen LogP contribution in [0.4, 0.5) is 24.5 Å². The summed E-state index contributed by atoms with van der Waals surface area (Å²) in [5, 5.41) is 13.4. The molecule has 0 unspecified atom stereocenters. The predicted octanol–water partition coefficient (Wildman–Crippen LogP) is 3.17. The summed E-state index contributed by atoms with van der Waals surface area (Å²) in [4.78, 5) is 35.6. The SMILES string of the molecule is C=C[C@H](COc1ccc([N+](=O)[O-])c(N)c1)NC(=O)c1cccn(Cc2cc(F)c(F)c(F)c2)c1=O. The molecule has 3 aromatic rings. The number of ether oxygens (including phenoxy) is 1. The molecule has 0 bridgehead atoms. The molecule has 0 aliphatic carbocycles. The number of aromatic nitrogens is 1. The largest absolute Gasteiger partial charge is 0.491 e. The van der Waals surface area contributed by atoms with Crippen molar-refractivity contribution in [3.63, 3.8) is 0 Å². The number of benzene rings is 2. The van der Waals surface area contributed by atoms with Gasteiger partial charge in [0.1, 0.15) is 23.6 Å². The van der Waals surface area contributed by atoms with Crippen molar-refractivity contribution in [2.45, 2.75) is 12.6 Å². The van der Waals surface area contributed by atoms with Gasteiger partial charge in [0.25, 0.3) is 17.2 Å². The lowest BCUT2D eigenvalue weighted by Crippen LogP contribution is -2.40. The van der Waals surface area contributed by atoms with Gasteiger partial charge in [0.2, 0.25) is 0 Å². The Morgan fingerprint density at radius 2 is 1.91 bits per heavy atom. The van der Waals surface area contributed by atoms with Crippen LogP contribution in [0.1, 0.15) is 15.9 Å².